The summed E-state index contributed by atoms with van der Waals surface area (Å²) in [5.41, 5.74) is 0.0719. The quantitative estimate of drug-likeness (QED) is 0.861. The van der Waals surface area contributed by atoms with Crippen LogP contribution >= 0.6 is 0 Å². The van der Waals surface area contributed by atoms with Crippen LogP contribution in [0.3, 0.4) is 0 Å². The van der Waals surface area contributed by atoms with Gasteiger partial charge < -0.3 is 14.7 Å². The number of nitrogens with zero attached hydrogens (tertiary/aromatic N) is 2. The van der Waals surface area contributed by atoms with Crippen molar-refractivity contribution in [1.82, 2.24) is 9.88 Å². The van der Waals surface area contributed by atoms with Gasteiger partial charge in [0.25, 0.3) is 0 Å². The van der Waals surface area contributed by atoms with Crippen molar-refractivity contribution in [2.75, 3.05) is 26.7 Å². The summed E-state index contributed by atoms with van der Waals surface area (Å²) in [6.45, 7) is 4.25. The van der Waals surface area contributed by atoms with Crippen LogP contribution in [0.25, 0.3) is 0 Å². The van der Waals surface area contributed by atoms with Gasteiger partial charge in [-0.2, -0.15) is 0 Å². The summed E-state index contributed by atoms with van der Waals surface area (Å²) in [6.07, 6.45) is 5.21. The number of likely N-dealkylation sites (tertiary alicyclic amines) is 1. The van der Waals surface area contributed by atoms with Crippen LogP contribution in [-0.4, -0.2) is 41.7 Å². The summed E-state index contributed by atoms with van der Waals surface area (Å²) in [6, 6.07) is 1.90. The molecule has 1 unspecified atom stereocenters. The first-order valence-electron chi connectivity index (χ1n) is 6.13. The van der Waals surface area contributed by atoms with E-state index in [1.807, 2.05) is 20.0 Å². The Kier molecular flexibility index (Phi) is 3.64. The van der Waals surface area contributed by atoms with Gasteiger partial charge in [0.1, 0.15) is 11.4 Å². The van der Waals surface area contributed by atoms with Crippen molar-refractivity contribution in [1.29, 1.82) is 0 Å². The number of aliphatic hydroxyl groups is 1. The number of β-amino-alcohol motifs (C(OH)–C–C–N with tert-alkyl or cyclic N) is 1. The Labute approximate surface area is 102 Å². The highest BCUT2D eigenvalue weighted by Crippen LogP contribution is 2.31. The van der Waals surface area contributed by atoms with Crippen LogP contribution in [0.5, 0.6) is 5.75 Å². The zero-order chi connectivity index (χ0) is 12.3. The first-order valence-corrected chi connectivity index (χ1v) is 6.13. The summed E-state index contributed by atoms with van der Waals surface area (Å²) in [7, 11) is 2.03. The second kappa shape index (κ2) is 5.02. The van der Waals surface area contributed by atoms with E-state index in [1.54, 1.807) is 12.4 Å². The van der Waals surface area contributed by atoms with Crippen molar-refractivity contribution in [2.24, 2.45) is 0 Å². The van der Waals surface area contributed by atoms with Crippen LogP contribution in [-0.2, 0) is 5.60 Å². The van der Waals surface area contributed by atoms with Crippen molar-refractivity contribution in [3.63, 3.8) is 0 Å². The molecular weight excluding hydrogens is 216 g/mol. The summed E-state index contributed by atoms with van der Waals surface area (Å²) >= 11 is 0. The number of ether oxygens (including phenoxy) is 1. The molecule has 0 bridgehead atoms. The summed E-state index contributed by atoms with van der Waals surface area (Å²) in [5.74, 6) is 0.728. The standard InChI is InChI=1S/C13H20N2O2/c1-3-17-12-7-11(8-14-9-12)13(16)5-4-6-15(2)10-13/h7-9,16H,3-6,10H2,1-2H3. The van der Waals surface area contributed by atoms with E-state index in [9.17, 15) is 5.11 Å². The normalized spacial score (nSPS) is 25.8. The second-order valence-corrected chi connectivity index (χ2v) is 4.72. The van der Waals surface area contributed by atoms with Gasteiger partial charge in [-0.3, -0.25) is 4.98 Å². The summed E-state index contributed by atoms with van der Waals surface area (Å²) in [5, 5.41) is 10.7. The maximum Gasteiger partial charge on any atom is 0.137 e. The molecule has 0 saturated carbocycles. The predicted octanol–water partition coefficient (Wildman–Crippen LogP) is 1.39. The van der Waals surface area contributed by atoms with Crippen LogP contribution < -0.4 is 4.74 Å². The Hall–Kier alpha value is -1.13. The Morgan fingerprint density at radius 3 is 3.06 bits per heavy atom. The van der Waals surface area contributed by atoms with E-state index in [0.717, 1.165) is 30.7 Å². The second-order valence-electron chi connectivity index (χ2n) is 4.72. The van der Waals surface area contributed by atoms with Crippen LogP contribution in [0.2, 0.25) is 0 Å². The third kappa shape index (κ3) is 2.76. The minimum Gasteiger partial charge on any atom is -0.492 e. The molecule has 1 aromatic rings. The Morgan fingerprint density at radius 1 is 1.53 bits per heavy atom. The van der Waals surface area contributed by atoms with Crippen LogP contribution in [0.4, 0.5) is 0 Å². The molecule has 2 heterocycles. The Morgan fingerprint density at radius 2 is 2.35 bits per heavy atom. The molecule has 4 nitrogen and oxygen atoms in total. The molecule has 2 rings (SSSR count). The molecular formula is C13H20N2O2. The van der Waals surface area contributed by atoms with Gasteiger partial charge in [0.05, 0.1) is 12.8 Å². The molecule has 0 aromatic carbocycles. The molecule has 0 radical (unpaired) electrons. The lowest BCUT2D eigenvalue weighted by Crippen LogP contribution is -2.44. The molecule has 94 valence electrons. The molecule has 1 fully saturated rings. The molecule has 1 saturated heterocycles. The minimum absolute atomic E-state index is 0.615. The van der Waals surface area contributed by atoms with Gasteiger partial charge in [-0.25, -0.2) is 0 Å². The molecule has 1 aliphatic heterocycles. The maximum atomic E-state index is 10.7. The molecule has 1 aromatic heterocycles. The van der Waals surface area contributed by atoms with E-state index in [0.29, 0.717) is 13.2 Å². The zero-order valence-corrected chi connectivity index (χ0v) is 10.5. The predicted molar refractivity (Wildman–Crippen MR) is 66.0 cm³/mol. The third-order valence-electron chi connectivity index (χ3n) is 3.22. The van der Waals surface area contributed by atoms with E-state index in [-0.39, 0.29) is 0 Å². The number of hydrogen-bond donors (Lipinski definition) is 1. The molecule has 0 spiro atoms. The van der Waals surface area contributed by atoms with E-state index >= 15 is 0 Å². The van der Waals surface area contributed by atoms with Crippen LogP contribution in [0.1, 0.15) is 25.3 Å². The van der Waals surface area contributed by atoms with E-state index < -0.39 is 5.60 Å². The smallest absolute Gasteiger partial charge is 0.137 e. The number of likely N-dealkylation sites (N-methyl/N-ethyl adjacent to an activating group) is 1. The summed E-state index contributed by atoms with van der Waals surface area (Å²) in [4.78, 5) is 6.29. The van der Waals surface area contributed by atoms with E-state index in [4.69, 9.17) is 4.74 Å². The molecule has 4 heteroatoms. The van der Waals surface area contributed by atoms with Crippen molar-refractivity contribution < 1.29 is 9.84 Å². The number of piperidine rings is 1. The molecule has 1 atom stereocenters. The molecule has 17 heavy (non-hydrogen) atoms. The highest BCUT2D eigenvalue weighted by Gasteiger charge is 2.34. The summed E-state index contributed by atoms with van der Waals surface area (Å²) < 4.78 is 5.42. The SMILES string of the molecule is CCOc1cncc(C2(O)CCCN(C)C2)c1. The first kappa shape index (κ1) is 12.3. The first-order chi connectivity index (χ1) is 8.14. The molecule has 1 N–H and O–H groups in total. The number of hydrogen-bond acceptors (Lipinski definition) is 4. The fourth-order valence-corrected chi connectivity index (χ4v) is 2.40. The van der Waals surface area contributed by atoms with Crippen molar-refractivity contribution in [3.05, 3.63) is 24.0 Å². The van der Waals surface area contributed by atoms with E-state index in [1.165, 1.54) is 0 Å². The van der Waals surface area contributed by atoms with Gasteiger partial charge in [0.15, 0.2) is 0 Å². The topological polar surface area (TPSA) is 45.6 Å². The van der Waals surface area contributed by atoms with Gasteiger partial charge >= 0.3 is 0 Å². The number of aromatic nitrogens is 1. The van der Waals surface area contributed by atoms with Crippen molar-refractivity contribution >= 4 is 0 Å². The van der Waals surface area contributed by atoms with E-state index in [2.05, 4.69) is 9.88 Å². The fourth-order valence-electron chi connectivity index (χ4n) is 2.40. The van der Waals surface area contributed by atoms with Crippen LogP contribution in [0.15, 0.2) is 18.5 Å². The van der Waals surface area contributed by atoms with Gasteiger partial charge in [-0.1, -0.05) is 0 Å². The van der Waals surface area contributed by atoms with Crippen LogP contribution in [0, 0.1) is 0 Å². The minimum atomic E-state index is -0.785. The Balaban J connectivity index is 2.22. The molecule has 0 amide bonds. The lowest BCUT2D eigenvalue weighted by Gasteiger charge is -2.37. The molecule has 0 aliphatic carbocycles. The largest absolute Gasteiger partial charge is 0.492 e. The van der Waals surface area contributed by atoms with Crippen molar-refractivity contribution in [3.8, 4) is 5.75 Å². The number of rotatable bonds is 3. The highest BCUT2D eigenvalue weighted by molar-refractivity contribution is 5.28. The van der Waals surface area contributed by atoms with Gasteiger partial charge in [-0.05, 0) is 39.4 Å². The fraction of sp³-hybridized carbons (Fsp3) is 0.615. The average Bonchev–Trinajstić information content (AvgIpc) is 2.29. The van der Waals surface area contributed by atoms with Gasteiger partial charge in [0.2, 0.25) is 0 Å². The zero-order valence-electron chi connectivity index (χ0n) is 10.5. The van der Waals surface area contributed by atoms with Gasteiger partial charge in [-0.15, -0.1) is 0 Å². The monoisotopic (exact) mass is 236 g/mol. The van der Waals surface area contributed by atoms with Crippen molar-refractivity contribution in [2.45, 2.75) is 25.4 Å². The molecule has 1 aliphatic rings. The number of pyridine rings is 1. The van der Waals surface area contributed by atoms with Gasteiger partial charge in [0, 0.05) is 18.3 Å². The lowest BCUT2D eigenvalue weighted by atomic mass is 9.87. The Bertz CT molecular complexity index is 383. The highest BCUT2D eigenvalue weighted by atomic mass is 16.5. The average molecular weight is 236 g/mol. The third-order valence-corrected chi connectivity index (χ3v) is 3.22. The lowest BCUT2D eigenvalue weighted by molar-refractivity contribution is -0.0281. The maximum absolute atomic E-state index is 10.7.